The minimum absolute atomic E-state index is 0.350. The van der Waals surface area contributed by atoms with Crippen molar-refractivity contribution in [3.8, 4) is 10.7 Å². The Bertz CT molecular complexity index is 669. The zero-order chi connectivity index (χ0) is 13.4. The lowest BCUT2D eigenvalue weighted by molar-refractivity contribution is 0.117. The van der Waals surface area contributed by atoms with Crippen LogP contribution in [0.25, 0.3) is 10.7 Å². The minimum atomic E-state index is 0.350. The Labute approximate surface area is 119 Å². The highest BCUT2D eigenvalue weighted by Crippen LogP contribution is 2.29. The predicted molar refractivity (Wildman–Crippen MR) is 74.3 cm³/mol. The molecule has 0 N–H and O–H groups in total. The van der Waals surface area contributed by atoms with E-state index in [2.05, 4.69) is 15.0 Å². The van der Waals surface area contributed by atoms with Crippen LogP contribution in [0.15, 0.2) is 45.0 Å². The summed E-state index contributed by atoms with van der Waals surface area (Å²) in [7, 11) is 0. The molecule has 1 saturated heterocycles. The summed E-state index contributed by atoms with van der Waals surface area (Å²) in [6.07, 6.45) is 3.49. The van der Waals surface area contributed by atoms with Crippen molar-refractivity contribution in [2.75, 3.05) is 13.1 Å². The first kappa shape index (κ1) is 11.9. The molecule has 0 spiro atoms. The Kier molecular flexibility index (Phi) is 2.90. The molecule has 5 nitrogen and oxygen atoms in total. The van der Waals surface area contributed by atoms with Crippen molar-refractivity contribution in [2.24, 2.45) is 0 Å². The van der Waals surface area contributed by atoms with Gasteiger partial charge in [0.2, 0.25) is 11.7 Å². The highest BCUT2D eigenvalue weighted by molar-refractivity contribution is 7.13. The van der Waals surface area contributed by atoms with Gasteiger partial charge in [0.25, 0.3) is 0 Å². The number of hydrogen-bond acceptors (Lipinski definition) is 6. The Morgan fingerprint density at radius 1 is 1.35 bits per heavy atom. The third-order valence-corrected chi connectivity index (χ3v) is 4.34. The van der Waals surface area contributed by atoms with E-state index in [1.54, 1.807) is 23.9 Å². The Hall–Kier alpha value is -1.92. The molecule has 1 aliphatic rings. The van der Waals surface area contributed by atoms with E-state index < -0.39 is 0 Å². The zero-order valence-corrected chi connectivity index (χ0v) is 11.5. The predicted octanol–water partition coefficient (Wildman–Crippen LogP) is 2.99. The summed E-state index contributed by atoms with van der Waals surface area (Å²) in [5, 5.41) is 6.07. The molecule has 0 saturated carbocycles. The topological polar surface area (TPSA) is 55.3 Å². The van der Waals surface area contributed by atoms with Crippen LogP contribution in [0.1, 0.15) is 17.4 Å². The van der Waals surface area contributed by atoms with Gasteiger partial charge in [-0.1, -0.05) is 11.2 Å². The molecule has 0 bridgehead atoms. The van der Waals surface area contributed by atoms with Crippen LogP contribution < -0.4 is 0 Å². The van der Waals surface area contributed by atoms with E-state index in [-0.39, 0.29) is 0 Å². The molecule has 0 atom stereocenters. The summed E-state index contributed by atoms with van der Waals surface area (Å²) < 4.78 is 10.5. The van der Waals surface area contributed by atoms with Gasteiger partial charge in [-0.25, -0.2) is 0 Å². The second-order valence-electron chi connectivity index (χ2n) is 4.96. The van der Waals surface area contributed by atoms with E-state index in [0.717, 1.165) is 30.4 Å². The molecule has 102 valence electrons. The smallest absolute Gasteiger partial charge is 0.232 e. The fraction of sp³-hybridized carbons (Fsp3) is 0.286. The third-order valence-electron chi connectivity index (χ3n) is 3.48. The molecular weight excluding hydrogens is 274 g/mol. The van der Waals surface area contributed by atoms with Crippen LogP contribution in [0.5, 0.6) is 0 Å². The lowest BCUT2D eigenvalue weighted by Crippen LogP contribution is -2.44. The number of likely N-dealkylation sites (tertiary alicyclic amines) is 1. The van der Waals surface area contributed by atoms with Crippen LogP contribution >= 0.6 is 11.3 Å². The standard InChI is InChI=1S/C14H13N3O2S/c1-2-12(20-5-1)13-15-14(19-16-13)11-7-17(8-11)6-10-3-4-18-9-10/h1-5,9,11H,6-8H2. The molecule has 1 fully saturated rings. The molecule has 0 radical (unpaired) electrons. The first-order chi connectivity index (χ1) is 9.88. The summed E-state index contributed by atoms with van der Waals surface area (Å²) in [6.45, 7) is 2.83. The molecular formula is C14H13N3O2S. The summed E-state index contributed by atoms with van der Waals surface area (Å²) in [6, 6.07) is 5.99. The first-order valence-corrected chi connectivity index (χ1v) is 7.37. The van der Waals surface area contributed by atoms with Crippen molar-refractivity contribution in [2.45, 2.75) is 12.5 Å². The quantitative estimate of drug-likeness (QED) is 0.738. The normalized spacial score (nSPS) is 16.4. The number of aromatic nitrogens is 2. The lowest BCUT2D eigenvalue weighted by atomic mass is 10.00. The molecule has 3 aromatic rings. The van der Waals surface area contributed by atoms with Crippen molar-refractivity contribution < 1.29 is 8.94 Å². The maximum Gasteiger partial charge on any atom is 0.232 e. The number of hydrogen-bond donors (Lipinski definition) is 0. The first-order valence-electron chi connectivity index (χ1n) is 6.49. The fourth-order valence-corrected chi connectivity index (χ4v) is 3.05. The van der Waals surface area contributed by atoms with Crippen LogP contribution in [0.3, 0.4) is 0 Å². The summed E-state index contributed by atoms with van der Waals surface area (Å²) >= 11 is 1.62. The SMILES string of the molecule is c1csc(-c2noc(C3CN(Cc4ccoc4)C3)n2)c1. The van der Waals surface area contributed by atoms with Crippen LogP contribution in [-0.2, 0) is 6.54 Å². The maximum absolute atomic E-state index is 5.38. The molecule has 0 amide bonds. The van der Waals surface area contributed by atoms with E-state index in [9.17, 15) is 0 Å². The largest absolute Gasteiger partial charge is 0.472 e. The van der Waals surface area contributed by atoms with Gasteiger partial charge in [-0.3, -0.25) is 4.90 Å². The second-order valence-corrected chi connectivity index (χ2v) is 5.90. The van der Waals surface area contributed by atoms with E-state index in [1.807, 2.05) is 23.6 Å². The maximum atomic E-state index is 5.38. The number of nitrogens with zero attached hydrogens (tertiary/aromatic N) is 3. The van der Waals surface area contributed by atoms with Crippen molar-refractivity contribution in [1.29, 1.82) is 0 Å². The minimum Gasteiger partial charge on any atom is -0.472 e. The van der Waals surface area contributed by atoms with Gasteiger partial charge < -0.3 is 8.94 Å². The second kappa shape index (κ2) is 4.88. The van der Waals surface area contributed by atoms with Crippen molar-refractivity contribution in [3.05, 3.63) is 47.6 Å². The van der Waals surface area contributed by atoms with E-state index in [1.165, 1.54) is 5.56 Å². The molecule has 0 aliphatic carbocycles. The van der Waals surface area contributed by atoms with Crippen LogP contribution in [0.4, 0.5) is 0 Å². The number of thiophene rings is 1. The molecule has 4 rings (SSSR count). The molecule has 0 aromatic carbocycles. The number of rotatable bonds is 4. The Morgan fingerprint density at radius 2 is 2.30 bits per heavy atom. The van der Waals surface area contributed by atoms with Gasteiger partial charge in [0, 0.05) is 25.2 Å². The van der Waals surface area contributed by atoms with E-state index in [4.69, 9.17) is 8.94 Å². The molecule has 20 heavy (non-hydrogen) atoms. The van der Waals surface area contributed by atoms with E-state index >= 15 is 0 Å². The monoisotopic (exact) mass is 287 g/mol. The van der Waals surface area contributed by atoms with Gasteiger partial charge in [0.05, 0.1) is 23.3 Å². The van der Waals surface area contributed by atoms with Gasteiger partial charge in [-0.2, -0.15) is 4.98 Å². The average Bonchev–Trinajstić information content (AvgIpc) is 3.13. The summed E-state index contributed by atoms with van der Waals surface area (Å²) in [5.74, 6) is 1.79. The van der Waals surface area contributed by atoms with E-state index in [0.29, 0.717) is 11.7 Å². The highest BCUT2D eigenvalue weighted by atomic mass is 32.1. The summed E-state index contributed by atoms with van der Waals surface area (Å²) in [4.78, 5) is 7.88. The Morgan fingerprint density at radius 3 is 3.05 bits per heavy atom. The summed E-state index contributed by atoms with van der Waals surface area (Å²) in [5.41, 5.74) is 1.20. The van der Waals surface area contributed by atoms with Gasteiger partial charge >= 0.3 is 0 Å². The molecule has 6 heteroatoms. The number of furan rings is 1. The van der Waals surface area contributed by atoms with Gasteiger partial charge in [-0.15, -0.1) is 11.3 Å². The lowest BCUT2D eigenvalue weighted by Gasteiger charge is -2.36. The zero-order valence-electron chi connectivity index (χ0n) is 10.7. The van der Waals surface area contributed by atoms with Crippen LogP contribution in [-0.4, -0.2) is 28.1 Å². The van der Waals surface area contributed by atoms with Crippen LogP contribution in [0, 0.1) is 0 Å². The van der Waals surface area contributed by atoms with Crippen molar-refractivity contribution in [3.63, 3.8) is 0 Å². The third kappa shape index (κ3) is 2.17. The molecule has 0 unspecified atom stereocenters. The molecule has 3 aromatic heterocycles. The molecule has 1 aliphatic heterocycles. The van der Waals surface area contributed by atoms with Crippen LogP contribution in [0.2, 0.25) is 0 Å². The highest BCUT2D eigenvalue weighted by Gasteiger charge is 2.32. The Balaban J connectivity index is 1.39. The van der Waals surface area contributed by atoms with Crippen molar-refractivity contribution in [1.82, 2.24) is 15.0 Å². The van der Waals surface area contributed by atoms with Gasteiger partial charge in [-0.05, 0) is 17.5 Å². The fourth-order valence-electron chi connectivity index (χ4n) is 2.40. The van der Waals surface area contributed by atoms with Crippen molar-refractivity contribution >= 4 is 11.3 Å². The average molecular weight is 287 g/mol. The molecule has 4 heterocycles. The van der Waals surface area contributed by atoms with Gasteiger partial charge in [0.15, 0.2) is 0 Å². The van der Waals surface area contributed by atoms with Gasteiger partial charge in [0.1, 0.15) is 0 Å².